The fraction of sp³-hybridized carbons (Fsp3) is 0.800. The molecule has 1 atom stereocenters. The van der Waals surface area contributed by atoms with Gasteiger partial charge in [0.25, 0.3) is 0 Å². The minimum absolute atomic E-state index is 0.492. The average Bonchev–Trinajstić information content (AvgIpc) is 2.54. The minimum Gasteiger partial charge on any atom is -0.263 e. The van der Waals surface area contributed by atoms with Gasteiger partial charge in [-0.25, -0.2) is 4.98 Å². The first-order valence-electron chi connectivity index (χ1n) is 5.19. The monoisotopic (exact) mass is 181 g/mol. The Kier molecular flexibility index (Phi) is 3.93. The van der Waals surface area contributed by atoms with Crippen LogP contribution in [0.25, 0.3) is 0 Å². The molecule has 0 fully saturated rings. The summed E-state index contributed by atoms with van der Waals surface area (Å²) in [5.74, 6) is 2.50. The van der Waals surface area contributed by atoms with Gasteiger partial charge in [0.2, 0.25) is 0 Å². The van der Waals surface area contributed by atoms with Gasteiger partial charge in [-0.05, 0) is 12.8 Å². The second-order valence-corrected chi connectivity index (χ2v) is 3.58. The van der Waals surface area contributed by atoms with Crippen molar-refractivity contribution in [2.45, 2.75) is 52.4 Å². The lowest BCUT2D eigenvalue weighted by molar-refractivity contribution is 0.629. The molecule has 0 saturated carbocycles. The molecule has 1 aromatic rings. The number of aromatic nitrogens is 3. The summed E-state index contributed by atoms with van der Waals surface area (Å²) in [6.45, 7) is 6.52. The van der Waals surface area contributed by atoms with E-state index in [1.165, 1.54) is 12.8 Å². The number of aromatic amines is 1. The van der Waals surface area contributed by atoms with Gasteiger partial charge in [0.15, 0.2) is 5.82 Å². The number of nitrogens with zero attached hydrogens (tertiary/aromatic N) is 2. The molecular formula is C10H19N3. The lowest BCUT2D eigenvalue weighted by atomic mass is 10.1. The normalized spacial score (nSPS) is 13.2. The molecule has 0 aromatic carbocycles. The molecule has 1 heterocycles. The van der Waals surface area contributed by atoms with Gasteiger partial charge in [-0.1, -0.05) is 27.2 Å². The largest absolute Gasteiger partial charge is 0.263 e. The van der Waals surface area contributed by atoms with E-state index in [-0.39, 0.29) is 0 Å². The van der Waals surface area contributed by atoms with Crippen molar-refractivity contribution < 1.29 is 0 Å². The topological polar surface area (TPSA) is 41.6 Å². The fourth-order valence-electron chi connectivity index (χ4n) is 1.44. The quantitative estimate of drug-likeness (QED) is 0.758. The Morgan fingerprint density at radius 3 is 2.69 bits per heavy atom. The third kappa shape index (κ3) is 2.83. The third-order valence-electron chi connectivity index (χ3n) is 2.20. The van der Waals surface area contributed by atoms with Crippen molar-refractivity contribution in [3.63, 3.8) is 0 Å². The number of H-pyrrole nitrogens is 1. The van der Waals surface area contributed by atoms with Gasteiger partial charge in [-0.15, -0.1) is 0 Å². The predicted molar refractivity (Wildman–Crippen MR) is 53.7 cm³/mol. The van der Waals surface area contributed by atoms with Crippen LogP contribution in [0.1, 0.15) is 57.6 Å². The highest BCUT2D eigenvalue weighted by Gasteiger charge is 2.09. The Morgan fingerprint density at radius 1 is 1.31 bits per heavy atom. The number of nitrogens with one attached hydrogen (secondary N) is 1. The Hall–Kier alpha value is -0.860. The van der Waals surface area contributed by atoms with Crippen molar-refractivity contribution >= 4 is 0 Å². The summed E-state index contributed by atoms with van der Waals surface area (Å²) in [6.07, 6.45) is 4.49. The Morgan fingerprint density at radius 2 is 2.08 bits per heavy atom. The smallest absolute Gasteiger partial charge is 0.153 e. The zero-order valence-electron chi connectivity index (χ0n) is 8.80. The van der Waals surface area contributed by atoms with E-state index in [4.69, 9.17) is 0 Å². The summed E-state index contributed by atoms with van der Waals surface area (Å²) < 4.78 is 0. The van der Waals surface area contributed by atoms with Crippen LogP contribution < -0.4 is 0 Å². The van der Waals surface area contributed by atoms with Crippen LogP contribution in [0.2, 0.25) is 0 Å². The van der Waals surface area contributed by atoms with Gasteiger partial charge in [0.1, 0.15) is 5.82 Å². The fourth-order valence-corrected chi connectivity index (χ4v) is 1.44. The molecule has 0 aliphatic carbocycles. The molecule has 0 saturated heterocycles. The van der Waals surface area contributed by atoms with Crippen molar-refractivity contribution in [3.8, 4) is 0 Å². The van der Waals surface area contributed by atoms with Gasteiger partial charge >= 0.3 is 0 Å². The standard InChI is InChI=1S/C10H19N3/c1-4-6-8(3)10-11-9(7-5-2)12-13-10/h8H,4-7H2,1-3H3,(H,11,12,13). The first-order valence-corrected chi connectivity index (χ1v) is 5.19. The van der Waals surface area contributed by atoms with Crippen molar-refractivity contribution in [3.05, 3.63) is 11.6 Å². The summed E-state index contributed by atoms with van der Waals surface area (Å²) >= 11 is 0. The zero-order valence-corrected chi connectivity index (χ0v) is 8.80. The molecule has 0 bridgehead atoms. The lowest BCUT2D eigenvalue weighted by Gasteiger charge is -2.02. The molecule has 3 nitrogen and oxygen atoms in total. The maximum atomic E-state index is 4.45. The highest BCUT2D eigenvalue weighted by Crippen LogP contribution is 2.16. The molecule has 3 heteroatoms. The molecule has 0 spiro atoms. The summed E-state index contributed by atoms with van der Waals surface area (Å²) in [5, 5.41) is 7.20. The van der Waals surface area contributed by atoms with E-state index in [0.29, 0.717) is 5.92 Å². The van der Waals surface area contributed by atoms with Gasteiger partial charge in [-0.2, -0.15) is 5.10 Å². The van der Waals surface area contributed by atoms with Crippen molar-refractivity contribution in [2.24, 2.45) is 0 Å². The van der Waals surface area contributed by atoms with Crippen LogP contribution in [0.15, 0.2) is 0 Å². The first kappa shape index (κ1) is 10.2. The molecule has 1 aromatic heterocycles. The maximum absolute atomic E-state index is 4.45. The van der Waals surface area contributed by atoms with E-state index in [1.54, 1.807) is 0 Å². The van der Waals surface area contributed by atoms with E-state index in [9.17, 15) is 0 Å². The number of hydrogen-bond acceptors (Lipinski definition) is 2. The third-order valence-corrected chi connectivity index (χ3v) is 2.20. The Balaban J connectivity index is 2.56. The van der Waals surface area contributed by atoms with Gasteiger partial charge in [0, 0.05) is 12.3 Å². The lowest BCUT2D eigenvalue weighted by Crippen LogP contribution is -1.95. The van der Waals surface area contributed by atoms with Crippen LogP contribution in [0.4, 0.5) is 0 Å². The maximum Gasteiger partial charge on any atom is 0.153 e. The van der Waals surface area contributed by atoms with Crippen LogP contribution in [0.5, 0.6) is 0 Å². The molecule has 1 N–H and O–H groups in total. The molecule has 0 aliphatic rings. The van der Waals surface area contributed by atoms with E-state index >= 15 is 0 Å². The number of hydrogen-bond donors (Lipinski definition) is 1. The summed E-state index contributed by atoms with van der Waals surface area (Å²) in [6, 6.07) is 0. The SMILES string of the molecule is CCCc1nc(C(C)CCC)n[nH]1. The Labute approximate surface area is 80.0 Å². The molecular weight excluding hydrogens is 162 g/mol. The van der Waals surface area contributed by atoms with Crippen LogP contribution in [0.3, 0.4) is 0 Å². The molecule has 0 amide bonds. The molecule has 13 heavy (non-hydrogen) atoms. The first-order chi connectivity index (χ1) is 6.27. The highest BCUT2D eigenvalue weighted by atomic mass is 15.2. The van der Waals surface area contributed by atoms with Crippen LogP contribution in [0, 0.1) is 0 Å². The molecule has 0 radical (unpaired) electrons. The highest BCUT2D eigenvalue weighted by molar-refractivity contribution is 4.96. The van der Waals surface area contributed by atoms with Crippen LogP contribution in [-0.2, 0) is 6.42 Å². The summed E-state index contributed by atoms with van der Waals surface area (Å²) in [7, 11) is 0. The predicted octanol–water partition coefficient (Wildman–Crippen LogP) is 2.66. The second-order valence-electron chi connectivity index (χ2n) is 3.58. The summed E-state index contributed by atoms with van der Waals surface area (Å²) in [5.41, 5.74) is 0. The molecule has 74 valence electrons. The number of rotatable bonds is 5. The zero-order chi connectivity index (χ0) is 9.68. The molecule has 1 unspecified atom stereocenters. The van der Waals surface area contributed by atoms with Gasteiger partial charge in [-0.3, -0.25) is 5.10 Å². The van der Waals surface area contributed by atoms with E-state index < -0.39 is 0 Å². The molecule has 0 aliphatic heterocycles. The van der Waals surface area contributed by atoms with Crippen LogP contribution in [-0.4, -0.2) is 15.2 Å². The average molecular weight is 181 g/mol. The van der Waals surface area contributed by atoms with Crippen molar-refractivity contribution in [1.29, 1.82) is 0 Å². The van der Waals surface area contributed by atoms with Gasteiger partial charge < -0.3 is 0 Å². The number of aryl methyl sites for hydroxylation is 1. The second kappa shape index (κ2) is 5.00. The van der Waals surface area contributed by atoms with Gasteiger partial charge in [0.05, 0.1) is 0 Å². The Bertz CT molecular complexity index is 242. The van der Waals surface area contributed by atoms with E-state index in [2.05, 4.69) is 36.0 Å². The van der Waals surface area contributed by atoms with Crippen molar-refractivity contribution in [2.75, 3.05) is 0 Å². The molecule has 1 rings (SSSR count). The van der Waals surface area contributed by atoms with E-state index in [1.807, 2.05) is 0 Å². The minimum atomic E-state index is 0.492. The van der Waals surface area contributed by atoms with Crippen molar-refractivity contribution in [1.82, 2.24) is 15.2 Å². The van der Waals surface area contributed by atoms with Crippen LogP contribution >= 0.6 is 0 Å². The van der Waals surface area contributed by atoms with E-state index in [0.717, 1.165) is 24.5 Å². The summed E-state index contributed by atoms with van der Waals surface area (Å²) in [4.78, 5) is 4.45.